The molecule has 24 heteroatoms. The number of carbonyl (C=O) groups is 8. The van der Waals surface area contributed by atoms with Crippen molar-refractivity contribution in [1.82, 2.24) is 29.4 Å². The number of esters is 2. The first-order chi connectivity index (χ1) is 49.4. The summed E-state index contributed by atoms with van der Waals surface area (Å²) in [5, 5.41) is 12.7. The van der Waals surface area contributed by atoms with Gasteiger partial charge in [-0.25, -0.2) is 19.2 Å². The highest BCUT2D eigenvalue weighted by Crippen LogP contribution is 2.40. The number of benzene rings is 4. The fraction of sp³-hybridized carbons (Fsp3) is 0.488. The van der Waals surface area contributed by atoms with E-state index in [0.29, 0.717) is 33.7 Å². The molecule has 2 unspecified atom stereocenters. The lowest BCUT2D eigenvalue weighted by Gasteiger charge is -2.43. The van der Waals surface area contributed by atoms with Crippen molar-refractivity contribution in [3.05, 3.63) is 180 Å². The van der Waals surface area contributed by atoms with Crippen LogP contribution < -0.4 is 20.7 Å². The lowest BCUT2D eigenvalue weighted by atomic mass is 9.91. The quantitative estimate of drug-likeness (QED) is 0.0153. The van der Waals surface area contributed by atoms with Gasteiger partial charge in [-0.1, -0.05) is 187 Å². The van der Waals surface area contributed by atoms with Crippen LogP contribution in [0.15, 0.2) is 146 Å². The van der Waals surface area contributed by atoms with E-state index in [1.807, 2.05) is 72.8 Å². The molecule has 6 aromatic rings. The molecule has 2 amide bonds. The highest BCUT2D eigenvalue weighted by molar-refractivity contribution is 7.00. The maximum atomic E-state index is 14.8. The van der Waals surface area contributed by atoms with Crippen molar-refractivity contribution in [3.63, 3.8) is 0 Å². The number of hydrogen-bond donors (Lipinski definition) is 0. The van der Waals surface area contributed by atoms with Gasteiger partial charge >= 0.3 is 36.3 Å². The summed E-state index contributed by atoms with van der Waals surface area (Å²) in [5.74, 6) is -5.59. The average molecular weight is 1490 g/mol. The van der Waals surface area contributed by atoms with Gasteiger partial charge < -0.3 is 47.1 Å². The number of amides is 2. The summed E-state index contributed by atoms with van der Waals surface area (Å²) in [5.41, 5.74) is -0.897. The minimum absolute atomic E-state index is 0.0313. The van der Waals surface area contributed by atoms with Gasteiger partial charge in [0.25, 0.3) is 16.6 Å². The van der Waals surface area contributed by atoms with Crippen molar-refractivity contribution >= 4 is 85.3 Å². The van der Waals surface area contributed by atoms with Crippen LogP contribution in [0.25, 0.3) is 0 Å². The van der Waals surface area contributed by atoms with Gasteiger partial charge in [0.1, 0.15) is 45.6 Å². The van der Waals surface area contributed by atoms with Crippen molar-refractivity contribution in [1.29, 1.82) is 0 Å². The van der Waals surface area contributed by atoms with Crippen LogP contribution in [-0.2, 0) is 72.8 Å². The highest BCUT2D eigenvalue weighted by atomic mass is 28.4. The van der Waals surface area contributed by atoms with Crippen molar-refractivity contribution in [2.75, 3.05) is 39.5 Å². The number of fused-ring (bicyclic) bond motifs is 2. The van der Waals surface area contributed by atoms with E-state index in [2.05, 4.69) is 113 Å². The summed E-state index contributed by atoms with van der Waals surface area (Å²) in [6.45, 7) is 46.4. The van der Waals surface area contributed by atoms with E-state index >= 15 is 0 Å². The molecular formula is C82H110N6O16Si2. The van der Waals surface area contributed by atoms with Gasteiger partial charge in [0.05, 0.1) is 50.9 Å². The number of ether oxygens (including phenoxy) is 6. The van der Waals surface area contributed by atoms with E-state index in [4.69, 9.17) is 37.3 Å². The number of hydrogen-bond acceptors (Lipinski definition) is 18. The maximum Gasteiger partial charge on any atom is 0.435 e. The monoisotopic (exact) mass is 1490 g/mol. The van der Waals surface area contributed by atoms with Crippen molar-refractivity contribution in [2.24, 2.45) is 11.8 Å². The average Bonchev–Trinajstić information content (AvgIpc) is 1.11. The Hall–Kier alpha value is -9.11. The van der Waals surface area contributed by atoms with Gasteiger partial charge in [-0.3, -0.25) is 19.2 Å². The van der Waals surface area contributed by atoms with Crippen LogP contribution in [0.5, 0.6) is 0 Å². The van der Waals surface area contributed by atoms with E-state index in [0.717, 1.165) is 30.1 Å². The van der Waals surface area contributed by atoms with Gasteiger partial charge in [-0.05, 0) is 141 Å². The first kappa shape index (κ1) is 84.2. The van der Waals surface area contributed by atoms with Gasteiger partial charge in [0, 0.05) is 37.1 Å². The maximum absolute atomic E-state index is 14.8. The molecule has 0 saturated carbocycles. The lowest BCUT2D eigenvalue weighted by molar-refractivity contribution is -0.147. The summed E-state index contributed by atoms with van der Waals surface area (Å²) in [6.07, 6.45) is -2.51. The Morgan fingerprint density at radius 2 is 0.764 bits per heavy atom. The molecule has 0 radical (unpaired) electrons. The fourth-order valence-electron chi connectivity index (χ4n) is 13.1. The number of rotatable bonds is 22. The Morgan fingerprint density at radius 3 is 1.11 bits per heavy atom. The van der Waals surface area contributed by atoms with Crippen LogP contribution in [-0.4, -0.2) is 156 Å². The molecule has 2 aliphatic heterocycles. The molecule has 2 aliphatic rings. The molecule has 0 N–H and O–H groups in total. The zero-order valence-corrected chi connectivity index (χ0v) is 67.8. The summed E-state index contributed by atoms with van der Waals surface area (Å²) in [6, 6.07) is 40.6. The first-order valence-electron chi connectivity index (χ1n) is 36.3. The van der Waals surface area contributed by atoms with Crippen molar-refractivity contribution in [3.8, 4) is 0 Å². The third-order valence-electron chi connectivity index (χ3n) is 17.6. The zero-order valence-electron chi connectivity index (χ0n) is 65.8. The van der Waals surface area contributed by atoms with Gasteiger partial charge in [0.15, 0.2) is 11.6 Å². The second-order valence-electron chi connectivity index (χ2n) is 32.8. The largest absolute Gasteiger partial charge is 0.465 e. The topological polar surface area (TPSA) is 253 Å². The van der Waals surface area contributed by atoms with Crippen LogP contribution in [0.3, 0.4) is 0 Å². The molecule has 0 spiro atoms. The predicted octanol–water partition coefficient (Wildman–Crippen LogP) is 13.7. The van der Waals surface area contributed by atoms with Crippen LogP contribution >= 0.6 is 0 Å². The summed E-state index contributed by atoms with van der Waals surface area (Å²) < 4.78 is 49.4. The number of ketones is 2. The minimum Gasteiger partial charge on any atom is -0.465 e. The first-order valence-corrected chi connectivity index (χ1v) is 40.1. The molecule has 0 aliphatic carbocycles. The van der Waals surface area contributed by atoms with Crippen molar-refractivity contribution in [2.45, 2.75) is 210 Å². The molecule has 2 atom stereocenters. The summed E-state index contributed by atoms with van der Waals surface area (Å²) >= 11 is 0. The molecule has 0 fully saturated rings. The third-order valence-corrected chi connectivity index (χ3v) is 27.5. The number of carbonyl (C=O) groups excluding carboxylic acids is 8. The summed E-state index contributed by atoms with van der Waals surface area (Å²) in [4.78, 5) is 113. The fourth-order valence-corrected chi connectivity index (χ4v) is 22.3. The van der Waals surface area contributed by atoms with E-state index in [1.54, 1.807) is 96.9 Å². The van der Waals surface area contributed by atoms with E-state index in [1.165, 1.54) is 9.80 Å². The van der Waals surface area contributed by atoms with Crippen LogP contribution in [0.4, 0.5) is 19.2 Å². The Balaban J connectivity index is 0.000000296. The molecule has 4 heterocycles. The predicted molar refractivity (Wildman–Crippen MR) is 412 cm³/mol. The molecule has 0 saturated heterocycles. The third kappa shape index (κ3) is 20.7. The Kier molecular flexibility index (Phi) is 27.2. The van der Waals surface area contributed by atoms with Crippen LogP contribution in [0.2, 0.25) is 10.1 Å². The number of Topliss-reactive ketones (excluding diaryl/α,β-unsaturated/α-hetero) is 2. The molecular weight excluding hydrogens is 1380 g/mol. The lowest BCUT2D eigenvalue weighted by Crippen LogP contribution is -2.66. The normalized spacial score (nSPS) is 14.2. The van der Waals surface area contributed by atoms with E-state index in [9.17, 15) is 38.4 Å². The molecule has 22 nitrogen and oxygen atoms in total. The molecule has 572 valence electrons. The minimum atomic E-state index is -2.97. The number of nitrogens with zero attached hydrogens (tertiary/aromatic N) is 6. The molecule has 2 aromatic heterocycles. The second kappa shape index (κ2) is 34.2. The number of aromatic nitrogens is 4. The Bertz CT molecular complexity index is 4020. The van der Waals surface area contributed by atoms with Gasteiger partial charge in [-0.15, -0.1) is 0 Å². The second-order valence-corrected chi connectivity index (χ2v) is 41.4. The van der Waals surface area contributed by atoms with Crippen LogP contribution in [0.1, 0.15) is 195 Å². The SMILES string of the molecule is C=C(CO[Si](c1ccccc1)(c1ccccc1)C(C)(C)C)CC(C(=O)OCC)C(=O)c1c2c(nn1C(=O)OC(C)(C)C)CCN(C(=O)OC(C)(C)C)C2.C=C(CO[Si](c1ccccc1)(c1ccccc1)C(C)(C)C)CC(C(=O)OCC)C(=O)c1nn(C(=O)OC(C)(C)C)c2c1CN(C(=O)OC(C)(C)C)CC2. The van der Waals surface area contributed by atoms with Gasteiger partial charge in [-0.2, -0.15) is 19.6 Å². The Labute approximate surface area is 627 Å². The molecule has 4 aromatic carbocycles. The molecule has 8 rings (SSSR count). The summed E-state index contributed by atoms with van der Waals surface area (Å²) in [7, 11) is -5.93. The highest BCUT2D eigenvalue weighted by Gasteiger charge is 2.52. The van der Waals surface area contributed by atoms with Gasteiger partial charge in [0.2, 0.25) is 0 Å². The standard InChI is InChI=1S/2C41H55N3O8Si/c1-12-49-36(46)31(25-28(2)27-50-53(41(9,10)11,29-19-15-13-16-20-29)30-21-17-14-18-22-30)35(45)34-32-26-43(37(47)51-39(3,4)5)24-23-33(32)44(42-34)38(48)52-40(6,7)8;1-12-49-36(46)31(25-28(2)27-50-53(41(9,10)11,29-19-15-13-16-20-29)30-21-17-14-18-22-30)35(45)34-32-26-43(37(47)51-39(3,4)5)24-23-33(32)42-44(34)38(48)52-40(6,7)8/h2*13-22,31H,2,12,23-27H2,1,3-11H3. The zero-order chi connectivity index (χ0) is 78.7. The smallest absolute Gasteiger partial charge is 0.435 e. The molecule has 0 bridgehead atoms. The van der Waals surface area contributed by atoms with Crippen LogP contribution in [0, 0.1) is 11.8 Å². The van der Waals surface area contributed by atoms with Crippen molar-refractivity contribution < 1.29 is 75.6 Å². The van der Waals surface area contributed by atoms with E-state index in [-0.39, 0.29) is 99.8 Å². The molecule has 106 heavy (non-hydrogen) atoms. The Morgan fingerprint density at radius 1 is 0.434 bits per heavy atom. The van der Waals surface area contributed by atoms with E-state index < -0.39 is 98.8 Å².